The van der Waals surface area contributed by atoms with Crippen molar-refractivity contribution in [3.05, 3.63) is 0 Å². The summed E-state index contributed by atoms with van der Waals surface area (Å²) in [5, 5.41) is 21.9. The van der Waals surface area contributed by atoms with Crippen LogP contribution in [0.15, 0.2) is 0 Å². The summed E-state index contributed by atoms with van der Waals surface area (Å²) in [4.78, 5) is 0. The highest BCUT2D eigenvalue weighted by molar-refractivity contribution is 5.06. The Bertz CT molecular complexity index is 333. The van der Waals surface area contributed by atoms with E-state index >= 15 is 0 Å². The van der Waals surface area contributed by atoms with Crippen LogP contribution in [0, 0.1) is 23.7 Å². The van der Waals surface area contributed by atoms with Gasteiger partial charge in [-0.3, -0.25) is 0 Å². The lowest BCUT2D eigenvalue weighted by Gasteiger charge is -2.58. The molecule has 5 atom stereocenters. The normalized spacial score (nSPS) is 47.4. The molecule has 0 spiro atoms. The first-order chi connectivity index (χ1) is 8.93. The van der Waals surface area contributed by atoms with E-state index in [9.17, 15) is 10.2 Å². The smallest absolute Gasteiger partial charge is 0.0710 e. The van der Waals surface area contributed by atoms with Crippen molar-refractivity contribution in [2.75, 3.05) is 0 Å². The van der Waals surface area contributed by atoms with Crippen molar-refractivity contribution in [1.82, 2.24) is 0 Å². The number of hydrogen-bond acceptors (Lipinski definition) is 2. The van der Waals surface area contributed by atoms with Gasteiger partial charge in [0.05, 0.1) is 11.2 Å². The molecule has 0 radical (unpaired) electrons. The Labute approximate surface area is 117 Å². The minimum atomic E-state index is -0.638. The minimum absolute atomic E-state index is 0.286. The molecule has 3 aliphatic rings. The second-order valence-corrected chi connectivity index (χ2v) is 7.98. The Balaban J connectivity index is 1.88. The van der Waals surface area contributed by atoms with Crippen LogP contribution < -0.4 is 0 Å². The molecule has 0 bridgehead atoms. The number of fused-ring (bicyclic) bond motifs is 3. The Hall–Kier alpha value is -0.0800. The molecule has 0 heterocycles. The fourth-order valence-corrected chi connectivity index (χ4v) is 5.70. The maximum absolute atomic E-state index is 11.4. The van der Waals surface area contributed by atoms with E-state index in [1.165, 1.54) is 32.1 Å². The van der Waals surface area contributed by atoms with Gasteiger partial charge in [0.2, 0.25) is 0 Å². The highest BCUT2D eigenvalue weighted by Crippen LogP contribution is 2.57. The first-order valence-corrected chi connectivity index (χ1v) is 8.37. The van der Waals surface area contributed by atoms with Gasteiger partial charge in [-0.2, -0.15) is 0 Å². The first kappa shape index (κ1) is 13.9. The van der Waals surface area contributed by atoms with Crippen LogP contribution in [0.5, 0.6) is 0 Å². The molecule has 2 heteroatoms. The largest absolute Gasteiger partial charge is 0.390 e. The van der Waals surface area contributed by atoms with E-state index in [1.54, 1.807) is 0 Å². The van der Waals surface area contributed by atoms with Crippen LogP contribution in [0.2, 0.25) is 0 Å². The number of aliphatic hydroxyl groups is 2. The van der Waals surface area contributed by atoms with Gasteiger partial charge in [0, 0.05) is 0 Å². The van der Waals surface area contributed by atoms with E-state index in [4.69, 9.17) is 0 Å². The zero-order chi connectivity index (χ0) is 13.7. The highest BCUT2D eigenvalue weighted by Gasteiger charge is 2.56. The van der Waals surface area contributed by atoms with E-state index in [-0.39, 0.29) is 5.92 Å². The molecule has 0 aliphatic heterocycles. The molecule has 0 saturated heterocycles. The Kier molecular flexibility index (Phi) is 3.46. The average Bonchev–Trinajstić information content (AvgIpc) is 2.36. The third kappa shape index (κ3) is 2.25. The van der Waals surface area contributed by atoms with Crippen LogP contribution in [0.4, 0.5) is 0 Å². The van der Waals surface area contributed by atoms with Crippen molar-refractivity contribution >= 4 is 0 Å². The van der Waals surface area contributed by atoms with Gasteiger partial charge in [-0.25, -0.2) is 0 Å². The molecule has 5 unspecified atom stereocenters. The molecule has 3 aliphatic carbocycles. The molecule has 110 valence electrons. The summed E-state index contributed by atoms with van der Waals surface area (Å²) in [6.45, 7) is 3.88. The molecule has 2 nitrogen and oxygen atoms in total. The minimum Gasteiger partial charge on any atom is -0.390 e. The quantitative estimate of drug-likeness (QED) is 0.762. The van der Waals surface area contributed by atoms with Gasteiger partial charge in [-0.1, -0.05) is 25.7 Å². The molecule has 2 N–H and O–H groups in total. The van der Waals surface area contributed by atoms with E-state index < -0.39 is 11.2 Å². The first-order valence-electron chi connectivity index (χ1n) is 8.37. The molecular weight excluding hydrogens is 236 g/mol. The van der Waals surface area contributed by atoms with Crippen LogP contribution >= 0.6 is 0 Å². The summed E-state index contributed by atoms with van der Waals surface area (Å²) in [5.74, 6) is 1.90. The zero-order valence-corrected chi connectivity index (χ0v) is 12.6. The summed E-state index contributed by atoms with van der Waals surface area (Å²) >= 11 is 0. The van der Waals surface area contributed by atoms with Gasteiger partial charge in [0.25, 0.3) is 0 Å². The lowest BCUT2D eigenvalue weighted by Crippen LogP contribution is -2.59. The molecule has 3 rings (SSSR count). The molecule has 0 amide bonds. The van der Waals surface area contributed by atoms with Crippen molar-refractivity contribution in [3.8, 4) is 0 Å². The van der Waals surface area contributed by atoms with Crippen molar-refractivity contribution in [1.29, 1.82) is 0 Å². The SMILES string of the molecule is CC(C)(O)C1CCCC2(O)C3CCCCC3CCC12. The predicted octanol–water partition coefficient (Wildman–Crippen LogP) is 3.50. The maximum atomic E-state index is 11.4. The van der Waals surface area contributed by atoms with Gasteiger partial charge in [0.1, 0.15) is 0 Å². The summed E-state index contributed by atoms with van der Waals surface area (Å²) in [5.41, 5.74) is -1.10. The van der Waals surface area contributed by atoms with Gasteiger partial charge >= 0.3 is 0 Å². The molecular formula is C17H30O2. The molecule has 0 aromatic heterocycles. The molecule has 0 aromatic rings. The molecule has 3 saturated carbocycles. The Morgan fingerprint density at radius 2 is 1.63 bits per heavy atom. The van der Waals surface area contributed by atoms with Crippen LogP contribution in [-0.4, -0.2) is 21.4 Å². The Morgan fingerprint density at radius 1 is 0.895 bits per heavy atom. The predicted molar refractivity (Wildman–Crippen MR) is 76.8 cm³/mol. The third-order valence-corrected chi connectivity index (χ3v) is 6.53. The van der Waals surface area contributed by atoms with Gasteiger partial charge < -0.3 is 10.2 Å². The topological polar surface area (TPSA) is 40.5 Å². The number of hydrogen-bond donors (Lipinski definition) is 2. The van der Waals surface area contributed by atoms with E-state index in [0.717, 1.165) is 31.6 Å². The number of rotatable bonds is 1. The zero-order valence-electron chi connectivity index (χ0n) is 12.6. The summed E-state index contributed by atoms with van der Waals surface area (Å²) in [6.07, 6.45) is 10.8. The van der Waals surface area contributed by atoms with Crippen LogP contribution in [0.25, 0.3) is 0 Å². The summed E-state index contributed by atoms with van der Waals surface area (Å²) < 4.78 is 0. The fourth-order valence-electron chi connectivity index (χ4n) is 5.70. The maximum Gasteiger partial charge on any atom is 0.0710 e. The molecule has 3 fully saturated rings. The second kappa shape index (κ2) is 4.73. The van der Waals surface area contributed by atoms with Crippen LogP contribution in [0.3, 0.4) is 0 Å². The standard InChI is InChI=1S/C17H30O2/c1-16(2,18)14-8-5-11-17(19)13-7-4-3-6-12(13)9-10-15(14)17/h12-15,18-19H,3-11H2,1-2H3. The third-order valence-electron chi connectivity index (χ3n) is 6.53. The Morgan fingerprint density at radius 3 is 2.37 bits per heavy atom. The van der Waals surface area contributed by atoms with E-state index in [2.05, 4.69) is 0 Å². The second-order valence-electron chi connectivity index (χ2n) is 7.98. The van der Waals surface area contributed by atoms with Crippen molar-refractivity contribution < 1.29 is 10.2 Å². The lowest BCUT2D eigenvalue weighted by atomic mass is 9.51. The van der Waals surface area contributed by atoms with Crippen molar-refractivity contribution in [2.45, 2.75) is 82.8 Å². The van der Waals surface area contributed by atoms with E-state index in [1.807, 2.05) is 13.8 Å². The van der Waals surface area contributed by atoms with Gasteiger partial charge in [0.15, 0.2) is 0 Å². The van der Waals surface area contributed by atoms with Gasteiger partial charge in [-0.15, -0.1) is 0 Å². The molecule has 0 aromatic carbocycles. The highest BCUT2D eigenvalue weighted by atomic mass is 16.3. The fraction of sp³-hybridized carbons (Fsp3) is 1.00. The van der Waals surface area contributed by atoms with Crippen molar-refractivity contribution in [3.63, 3.8) is 0 Å². The summed E-state index contributed by atoms with van der Waals surface area (Å²) in [6, 6.07) is 0. The van der Waals surface area contributed by atoms with E-state index in [0.29, 0.717) is 11.8 Å². The average molecular weight is 266 g/mol. The monoisotopic (exact) mass is 266 g/mol. The van der Waals surface area contributed by atoms with Crippen LogP contribution in [0.1, 0.15) is 71.6 Å². The van der Waals surface area contributed by atoms with Gasteiger partial charge in [-0.05, 0) is 69.6 Å². The molecule has 19 heavy (non-hydrogen) atoms. The van der Waals surface area contributed by atoms with Crippen LogP contribution in [-0.2, 0) is 0 Å². The lowest BCUT2D eigenvalue weighted by molar-refractivity contribution is -0.192. The van der Waals surface area contributed by atoms with Crippen molar-refractivity contribution in [2.24, 2.45) is 23.7 Å². The summed E-state index contributed by atoms with van der Waals surface area (Å²) in [7, 11) is 0.